The van der Waals surface area contributed by atoms with Crippen LogP contribution in [0.2, 0.25) is 5.02 Å². The van der Waals surface area contributed by atoms with Crippen molar-refractivity contribution in [3.05, 3.63) is 46.6 Å². The van der Waals surface area contributed by atoms with E-state index in [9.17, 15) is 14.4 Å². The Hall–Kier alpha value is -2.93. The highest BCUT2D eigenvalue weighted by molar-refractivity contribution is 6.38. The van der Waals surface area contributed by atoms with Gasteiger partial charge in [0.15, 0.2) is 0 Å². The molecule has 1 heterocycles. The number of nitrogens with one attached hydrogen (secondary N) is 3. The van der Waals surface area contributed by atoms with Crippen LogP contribution in [-0.2, 0) is 9.59 Å². The van der Waals surface area contributed by atoms with Gasteiger partial charge in [-0.2, -0.15) is 0 Å². The third-order valence-electron chi connectivity index (χ3n) is 3.86. The van der Waals surface area contributed by atoms with E-state index < -0.39 is 5.91 Å². The molecule has 0 saturated carbocycles. The molecule has 8 heteroatoms. The summed E-state index contributed by atoms with van der Waals surface area (Å²) in [6.45, 7) is 5.13. The Labute approximate surface area is 162 Å². The van der Waals surface area contributed by atoms with Crippen molar-refractivity contribution in [1.29, 1.82) is 0 Å². The topological polar surface area (TPSA) is 100 Å². The van der Waals surface area contributed by atoms with Gasteiger partial charge in [0, 0.05) is 24.7 Å². The molecule has 3 amide bonds. The fourth-order valence-electron chi connectivity index (χ4n) is 2.28. The van der Waals surface area contributed by atoms with E-state index in [1.165, 1.54) is 6.07 Å². The van der Waals surface area contributed by atoms with Gasteiger partial charge in [0.25, 0.3) is 5.91 Å². The molecule has 3 N–H and O–H groups in total. The zero-order chi connectivity index (χ0) is 20.0. The summed E-state index contributed by atoms with van der Waals surface area (Å²) in [6.07, 6.45) is 2.07. The van der Waals surface area contributed by atoms with Crippen LogP contribution in [0.4, 0.5) is 17.2 Å². The first-order valence-electron chi connectivity index (χ1n) is 8.52. The van der Waals surface area contributed by atoms with Crippen LogP contribution in [0.1, 0.15) is 42.6 Å². The Morgan fingerprint density at radius 2 is 1.70 bits per heavy atom. The second-order valence-corrected chi connectivity index (χ2v) is 6.14. The number of anilines is 3. The van der Waals surface area contributed by atoms with Gasteiger partial charge in [-0.05, 0) is 30.7 Å². The lowest BCUT2D eigenvalue weighted by molar-refractivity contribution is -0.116. The molecule has 0 aliphatic carbocycles. The zero-order valence-corrected chi connectivity index (χ0v) is 16.1. The summed E-state index contributed by atoms with van der Waals surface area (Å²) in [5, 5.41) is 8.18. The lowest BCUT2D eigenvalue weighted by atomic mass is 10.1. The third kappa shape index (κ3) is 5.04. The van der Waals surface area contributed by atoms with Crippen LogP contribution in [0.5, 0.6) is 0 Å². The first-order valence-corrected chi connectivity index (χ1v) is 8.90. The van der Waals surface area contributed by atoms with Gasteiger partial charge in [0.2, 0.25) is 11.8 Å². The SMILES string of the molecule is CCC(=O)Nc1cc(C(=O)Nc2ccccn2)c(Cl)c(NC(=O)CC)c1C. The number of halogens is 1. The largest absolute Gasteiger partial charge is 0.326 e. The highest BCUT2D eigenvalue weighted by Gasteiger charge is 2.21. The van der Waals surface area contributed by atoms with E-state index in [-0.39, 0.29) is 35.2 Å². The average Bonchev–Trinajstić information content (AvgIpc) is 2.67. The second-order valence-electron chi connectivity index (χ2n) is 5.76. The molecular formula is C19H21ClN4O3. The Morgan fingerprint density at radius 3 is 2.30 bits per heavy atom. The van der Waals surface area contributed by atoms with Crippen molar-refractivity contribution in [2.24, 2.45) is 0 Å². The number of hydrogen-bond acceptors (Lipinski definition) is 4. The summed E-state index contributed by atoms with van der Waals surface area (Å²) in [5.41, 5.74) is 1.39. The predicted molar refractivity (Wildman–Crippen MR) is 106 cm³/mol. The molecular weight excluding hydrogens is 368 g/mol. The minimum absolute atomic E-state index is 0.0947. The van der Waals surface area contributed by atoms with Gasteiger partial charge in [-0.25, -0.2) is 4.98 Å². The van der Waals surface area contributed by atoms with Gasteiger partial charge in [0.05, 0.1) is 16.3 Å². The molecule has 0 aliphatic rings. The van der Waals surface area contributed by atoms with Crippen molar-refractivity contribution in [1.82, 2.24) is 4.98 Å². The minimum Gasteiger partial charge on any atom is -0.326 e. The maximum absolute atomic E-state index is 12.7. The first kappa shape index (κ1) is 20.4. The maximum Gasteiger partial charge on any atom is 0.258 e. The average molecular weight is 389 g/mol. The van der Waals surface area contributed by atoms with Crippen LogP contribution < -0.4 is 16.0 Å². The molecule has 0 radical (unpaired) electrons. The number of benzene rings is 1. The quantitative estimate of drug-likeness (QED) is 0.696. The van der Waals surface area contributed by atoms with Crippen LogP contribution in [0.25, 0.3) is 0 Å². The zero-order valence-electron chi connectivity index (χ0n) is 15.4. The van der Waals surface area contributed by atoms with Crippen LogP contribution in [-0.4, -0.2) is 22.7 Å². The second kappa shape index (κ2) is 9.14. The van der Waals surface area contributed by atoms with E-state index in [4.69, 9.17) is 11.6 Å². The fourth-order valence-corrected chi connectivity index (χ4v) is 2.61. The summed E-state index contributed by atoms with van der Waals surface area (Å²) >= 11 is 6.41. The van der Waals surface area contributed by atoms with Crippen molar-refractivity contribution in [2.45, 2.75) is 33.6 Å². The van der Waals surface area contributed by atoms with Gasteiger partial charge in [-0.3, -0.25) is 14.4 Å². The molecule has 27 heavy (non-hydrogen) atoms. The van der Waals surface area contributed by atoms with Crippen molar-refractivity contribution >= 4 is 46.5 Å². The van der Waals surface area contributed by atoms with E-state index in [1.54, 1.807) is 45.2 Å². The molecule has 7 nitrogen and oxygen atoms in total. The van der Waals surface area contributed by atoms with Crippen molar-refractivity contribution in [3.63, 3.8) is 0 Å². The summed E-state index contributed by atoms with van der Waals surface area (Å²) in [5.74, 6) is -0.616. The third-order valence-corrected chi connectivity index (χ3v) is 4.25. The lowest BCUT2D eigenvalue weighted by Gasteiger charge is -2.18. The molecule has 0 aliphatic heterocycles. The maximum atomic E-state index is 12.7. The fraction of sp³-hybridized carbons (Fsp3) is 0.263. The number of pyridine rings is 1. The van der Waals surface area contributed by atoms with Gasteiger partial charge in [-0.1, -0.05) is 31.5 Å². The highest BCUT2D eigenvalue weighted by atomic mass is 35.5. The Balaban J connectivity index is 2.49. The molecule has 0 bridgehead atoms. The number of nitrogens with zero attached hydrogens (tertiary/aromatic N) is 1. The standard InChI is InChI=1S/C19H21ClN4O3/c1-4-15(25)22-13-10-12(19(27)23-14-8-6-7-9-21-14)17(20)18(11(13)3)24-16(26)5-2/h6-10H,4-5H2,1-3H3,(H,22,25)(H,24,26)(H,21,23,27). The first-order chi connectivity index (χ1) is 12.9. The molecule has 0 spiro atoms. The monoisotopic (exact) mass is 388 g/mol. The molecule has 142 valence electrons. The normalized spacial score (nSPS) is 10.2. The number of rotatable bonds is 6. The molecule has 1 aromatic heterocycles. The van der Waals surface area contributed by atoms with Crippen LogP contribution in [0.15, 0.2) is 30.5 Å². The molecule has 0 atom stereocenters. The van der Waals surface area contributed by atoms with Crippen LogP contribution >= 0.6 is 11.6 Å². The number of amides is 3. The van der Waals surface area contributed by atoms with E-state index >= 15 is 0 Å². The molecule has 2 rings (SSSR count). The Morgan fingerprint density at radius 1 is 1.04 bits per heavy atom. The number of carbonyl (C=O) groups excluding carboxylic acids is 3. The van der Waals surface area contributed by atoms with Gasteiger partial charge < -0.3 is 16.0 Å². The van der Waals surface area contributed by atoms with E-state index in [0.29, 0.717) is 22.8 Å². The highest BCUT2D eigenvalue weighted by Crippen LogP contribution is 2.35. The molecule has 0 unspecified atom stereocenters. The molecule has 2 aromatic rings. The van der Waals surface area contributed by atoms with Crippen molar-refractivity contribution in [3.8, 4) is 0 Å². The number of hydrogen-bond donors (Lipinski definition) is 3. The Bertz CT molecular complexity index is 869. The predicted octanol–water partition coefficient (Wildman–Crippen LogP) is 3.99. The number of carbonyl (C=O) groups is 3. The van der Waals surface area contributed by atoms with Gasteiger partial charge >= 0.3 is 0 Å². The van der Waals surface area contributed by atoms with E-state index in [0.717, 1.165) is 0 Å². The molecule has 0 saturated heterocycles. The van der Waals surface area contributed by atoms with E-state index in [2.05, 4.69) is 20.9 Å². The summed E-state index contributed by atoms with van der Waals surface area (Å²) in [7, 11) is 0. The minimum atomic E-state index is -0.502. The van der Waals surface area contributed by atoms with Crippen molar-refractivity contribution in [2.75, 3.05) is 16.0 Å². The van der Waals surface area contributed by atoms with Crippen LogP contribution in [0, 0.1) is 6.92 Å². The lowest BCUT2D eigenvalue weighted by Crippen LogP contribution is -2.19. The smallest absolute Gasteiger partial charge is 0.258 e. The summed E-state index contributed by atoms with van der Waals surface area (Å²) in [4.78, 5) is 40.5. The summed E-state index contributed by atoms with van der Waals surface area (Å²) < 4.78 is 0. The Kier molecular flexibility index (Phi) is 6.90. The molecule has 0 fully saturated rings. The molecule has 1 aromatic carbocycles. The van der Waals surface area contributed by atoms with Crippen molar-refractivity contribution < 1.29 is 14.4 Å². The summed E-state index contributed by atoms with van der Waals surface area (Å²) in [6, 6.07) is 6.59. The number of aromatic nitrogens is 1. The van der Waals surface area contributed by atoms with Gasteiger partial charge in [-0.15, -0.1) is 0 Å². The van der Waals surface area contributed by atoms with Crippen LogP contribution in [0.3, 0.4) is 0 Å². The van der Waals surface area contributed by atoms with E-state index in [1.807, 2.05) is 0 Å². The van der Waals surface area contributed by atoms with Gasteiger partial charge in [0.1, 0.15) is 5.82 Å².